The fourth-order valence-electron chi connectivity index (χ4n) is 1.41. The Labute approximate surface area is 100 Å². The molecule has 2 rings (SSSR count). The van der Waals surface area contributed by atoms with Crippen LogP contribution >= 0.6 is 15.9 Å². The van der Waals surface area contributed by atoms with Crippen molar-refractivity contribution in [3.8, 4) is 11.1 Å². The average molecular weight is 284 g/mol. The van der Waals surface area contributed by atoms with Gasteiger partial charge in [-0.15, -0.1) is 0 Å². The van der Waals surface area contributed by atoms with Gasteiger partial charge in [-0.25, -0.2) is 8.78 Å². The van der Waals surface area contributed by atoms with Gasteiger partial charge >= 0.3 is 0 Å². The Morgan fingerprint density at radius 1 is 0.938 bits per heavy atom. The third-order valence-electron chi connectivity index (χ3n) is 2.24. The first-order valence-corrected chi connectivity index (χ1v) is 5.37. The summed E-state index contributed by atoms with van der Waals surface area (Å²) in [6, 6.07) is 8.74. The number of hydrogen-bond acceptors (Lipinski definition) is 1. The molecule has 0 atom stereocenters. The topological polar surface area (TPSA) is 26.0 Å². The molecule has 2 aromatic carbocycles. The molecule has 0 aliphatic rings. The molecule has 0 saturated heterocycles. The van der Waals surface area contributed by atoms with Crippen LogP contribution in [-0.4, -0.2) is 0 Å². The average Bonchev–Trinajstić information content (AvgIpc) is 2.26. The van der Waals surface area contributed by atoms with Crippen LogP contribution in [0.2, 0.25) is 0 Å². The predicted octanol–water partition coefficient (Wildman–Crippen LogP) is 3.98. The monoisotopic (exact) mass is 283 g/mol. The maximum Gasteiger partial charge on any atom is 0.146 e. The molecule has 1 nitrogen and oxygen atoms in total. The van der Waals surface area contributed by atoms with Crippen molar-refractivity contribution in [3.63, 3.8) is 0 Å². The van der Waals surface area contributed by atoms with E-state index in [1.165, 1.54) is 18.2 Å². The standard InChI is InChI=1S/C12H8BrF2N/c13-8-2-3-10(14)9(6-8)7-1-4-12(16)11(15)5-7/h1-6H,16H2. The van der Waals surface area contributed by atoms with Crippen molar-refractivity contribution in [1.82, 2.24) is 0 Å². The van der Waals surface area contributed by atoms with Crippen molar-refractivity contribution in [1.29, 1.82) is 0 Å². The molecule has 0 aromatic heterocycles. The van der Waals surface area contributed by atoms with Gasteiger partial charge in [0, 0.05) is 10.0 Å². The molecule has 2 aromatic rings. The minimum Gasteiger partial charge on any atom is -0.396 e. The maximum absolute atomic E-state index is 13.5. The zero-order chi connectivity index (χ0) is 11.7. The largest absolute Gasteiger partial charge is 0.396 e. The molecule has 0 fully saturated rings. The molecule has 0 spiro atoms. The molecule has 2 N–H and O–H groups in total. The Bertz CT molecular complexity index is 541. The van der Waals surface area contributed by atoms with Crippen LogP contribution in [0.1, 0.15) is 0 Å². The van der Waals surface area contributed by atoms with Gasteiger partial charge in [-0.3, -0.25) is 0 Å². The maximum atomic E-state index is 13.5. The Balaban J connectivity index is 2.58. The van der Waals surface area contributed by atoms with E-state index in [1.54, 1.807) is 18.2 Å². The van der Waals surface area contributed by atoms with E-state index in [9.17, 15) is 8.78 Å². The van der Waals surface area contributed by atoms with Gasteiger partial charge in [-0.1, -0.05) is 22.0 Å². The van der Waals surface area contributed by atoms with Crippen molar-refractivity contribution in [2.24, 2.45) is 0 Å². The van der Waals surface area contributed by atoms with Crippen molar-refractivity contribution < 1.29 is 8.78 Å². The van der Waals surface area contributed by atoms with E-state index in [0.717, 1.165) is 4.47 Å². The Morgan fingerprint density at radius 3 is 2.38 bits per heavy atom. The molecule has 0 saturated carbocycles. The zero-order valence-corrected chi connectivity index (χ0v) is 9.76. The van der Waals surface area contributed by atoms with E-state index in [1.807, 2.05) is 0 Å². The summed E-state index contributed by atoms with van der Waals surface area (Å²) in [6.45, 7) is 0. The van der Waals surface area contributed by atoms with Crippen LogP contribution in [0.5, 0.6) is 0 Å². The quantitative estimate of drug-likeness (QED) is 0.788. The Kier molecular flexibility index (Phi) is 2.92. The predicted molar refractivity (Wildman–Crippen MR) is 63.9 cm³/mol. The van der Waals surface area contributed by atoms with Crippen molar-refractivity contribution in [2.75, 3.05) is 5.73 Å². The molecule has 82 valence electrons. The minimum atomic E-state index is -0.545. The second-order valence-corrected chi connectivity index (χ2v) is 4.28. The van der Waals surface area contributed by atoms with E-state index in [0.29, 0.717) is 11.1 Å². The number of nitrogens with two attached hydrogens (primary N) is 1. The third-order valence-corrected chi connectivity index (χ3v) is 2.73. The molecule has 0 unspecified atom stereocenters. The number of rotatable bonds is 1. The first-order chi connectivity index (χ1) is 7.58. The summed E-state index contributed by atoms with van der Waals surface area (Å²) in [7, 11) is 0. The van der Waals surface area contributed by atoms with Crippen LogP contribution in [0.15, 0.2) is 40.9 Å². The van der Waals surface area contributed by atoms with Gasteiger partial charge in [-0.05, 0) is 35.9 Å². The van der Waals surface area contributed by atoms with Crippen molar-refractivity contribution in [2.45, 2.75) is 0 Å². The molecule has 0 bridgehead atoms. The molecule has 0 radical (unpaired) electrons. The number of nitrogen functional groups attached to an aromatic ring is 1. The second kappa shape index (κ2) is 4.22. The second-order valence-electron chi connectivity index (χ2n) is 3.36. The van der Waals surface area contributed by atoms with Gasteiger partial charge in [0.15, 0.2) is 0 Å². The van der Waals surface area contributed by atoms with Crippen molar-refractivity contribution >= 4 is 21.6 Å². The zero-order valence-electron chi connectivity index (χ0n) is 8.18. The number of halogens is 3. The molecule has 0 amide bonds. The van der Waals surface area contributed by atoms with E-state index >= 15 is 0 Å². The van der Waals surface area contributed by atoms with Gasteiger partial charge in [0.2, 0.25) is 0 Å². The Morgan fingerprint density at radius 2 is 1.69 bits per heavy atom. The highest BCUT2D eigenvalue weighted by Crippen LogP contribution is 2.28. The number of anilines is 1. The smallest absolute Gasteiger partial charge is 0.146 e. The lowest BCUT2D eigenvalue weighted by Gasteiger charge is -2.05. The van der Waals surface area contributed by atoms with Gasteiger partial charge in [-0.2, -0.15) is 0 Å². The molecular formula is C12H8BrF2N. The molecular weight excluding hydrogens is 276 g/mol. The highest BCUT2D eigenvalue weighted by molar-refractivity contribution is 9.10. The highest BCUT2D eigenvalue weighted by atomic mass is 79.9. The summed E-state index contributed by atoms with van der Waals surface area (Å²) in [4.78, 5) is 0. The summed E-state index contributed by atoms with van der Waals surface area (Å²) >= 11 is 3.24. The minimum absolute atomic E-state index is 0.0548. The van der Waals surface area contributed by atoms with Crippen LogP contribution in [0.4, 0.5) is 14.5 Å². The van der Waals surface area contributed by atoms with E-state index in [4.69, 9.17) is 5.73 Å². The summed E-state index contributed by atoms with van der Waals surface area (Å²) < 4.78 is 27.5. The summed E-state index contributed by atoms with van der Waals surface area (Å²) in [5, 5.41) is 0. The molecule has 16 heavy (non-hydrogen) atoms. The normalized spacial score (nSPS) is 10.4. The van der Waals surface area contributed by atoms with Crippen molar-refractivity contribution in [3.05, 3.63) is 52.5 Å². The molecule has 0 aliphatic carbocycles. The van der Waals surface area contributed by atoms with E-state index in [-0.39, 0.29) is 5.69 Å². The number of benzene rings is 2. The Hall–Kier alpha value is -1.42. The van der Waals surface area contributed by atoms with Crippen LogP contribution in [0.3, 0.4) is 0 Å². The first-order valence-electron chi connectivity index (χ1n) is 4.58. The lowest BCUT2D eigenvalue weighted by Crippen LogP contribution is -1.91. The van der Waals surface area contributed by atoms with Crippen LogP contribution in [-0.2, 0) is 0 Å². The summed E-state index contributed by atoms with van der Waals surface area (Å²) in [5.74, 6) is -0.941. The van der Waals surface area contributed by atoms with Gasteiger partial charge in [0.1, 0.15) is 11.6 Å². The lowest BCUT2D eigenvalue weighted by atomic mass is 10.0. The third kappa shape index (κ3) is 2.07. The number of hydrogen-bond donors (Lipinski definition) is 1. The highest BCUT2D eigenvalue weighted by Gasteiger charge is 2.07. The van der Waals surface area contributed by atoms with Crippen LogP contribution < -0.4 is 5.73 Å². The first kappa shape index (κ1) is 11.1. The molecule has 0 aliphatic heterocycles. The van der Waals surface area contributed by atoms with E-state index in [2.05, 4.69) is 15.9 Å². The van der Waals surface area contributed by atoms with Gasteiger partial charge in [0.25, 0.3) is 0 Å². The van der Waals surface area contributed by atoms with Gasteiger partial charge in [0.05, 0.1) is 5.69 Å². The van der Waals surface area contributed by atoms with Crippen LogP contribution in [0, 0.1) is 11.6 Å². The summed E-state index contributed by atoms with van der Waals surface area (Å²) in [5.41, 5.74) is 6.22. The fourth-order valence-corrected chi connectivity index (χ4v) is 1.77. The van der Waals surface area contributed by atoms with E-state index < -0.39 is 11.6 Å². The molecule has 0 heterocycles. The SMILES string of the molecule is Nc1ccc(-c2cc(Br)ccc2F)cc1F. The molecule has 4 heteroatoms. The summed E-state index contributed by atoms with van der Waals surface area (Å²) in [6.07, 6.45) is 0. The lowest BCUT2D eigenvalue weighted by molar-refractivity contribution is 0.627. The van der Waals surface area contributed by atoms with Gasteiger partial charge < -0.3 is 5.73 Å². The fraction of sp³-hybridized carbons (Fsp3) is 0. The van der Waals surface area contributed by atoms with Crippen LogP contribution in [0.25, 0.3) is 11.1 Å².